The van der Waals surface area contributed by atoms with Crippen molar-refractivity contribution < 1.29 is 0 Å². The van der Waals surface area contributed by atoms with Crippen molar-refractivity contribution in [1.82, 2.24) is 5.32 Å². The third kappa shape index (κ3) is 3.13. The highest BCUT2D eigenvalue weighted by Gasteiger charge is 2.27. The third-order valence-corrected chi connectivity index (χ3v) is 4.08. The zero-order valence-corrected chi connectivity index (χ0v) is 9.73. The van der Waals surface area contributed by atoms with Gasteiger partial charge in [-0.2, -0.15) is 0 Å². The summed E-state index contributed by atoms with van der Waals surface area (Å²) in [6.07, 6.45) is 11.0. The summed E-state index contributed by atoms with van der Waals surface area (Å²) in [6.45, 7) is 1.22. The number of nitrogens with one attached hydrogen (secondary N) is 1. The molecule has 2 saturated carbocycles. The van der Waals surface area contributed by atoms with Crippen molar-refractivity contribution in [2.45, 2.75) is 62.8 Å². The number of rotatable bonds is 3. The van der Waals surface area contributed by atoms with Gasteiger partial charge in [0.05, 0.1) is 0 Å². The second kappa shape index (κ2) is 5.37. The van der Waals surface area contributed by atoms with Gasteiger partial charge in [0.15, 0.2) is 0 Å². The molecule has 0 aliphatic heterocycles. The van der Waals surface area contributed by atoms with Gasteiger partial charge in [0.1, 0.15) is 0 Å². The van der Waals surface area contributed by atoms with Crippen molar-refractivity contribution in [2.24, 2.45) is 5.92 Å². The lowest BCUT2D eigenvalue weighted by atomic mass is 9.84. The largest absolute Gasteiger partial charge is 0.314 e. The molecule has 2 aliphatic carbocycles. The fourth-order valence-corrected chi connectivity index (χ4v) is 3.14. The average Bonchev–Trinajstić information content (AvgIpc) is 2.38. The van der Waals surface area contributed by atoms with E-state index in [1.54, 1.807) is 0 Å². The van der Waals surface area contributed by atoms with E-state index in [1.807, 2.05) is 0 Å². The first kappa shape index (κ1) is 10.8. The minimum Gasteiger partial charge on any atom is -0.314 e. The minimum atomic E-state index is 0.482. The van der Waals surface area contributed by atoms with Crippen LogP contribution in [0.1, 0.15) is 51.4 Å². The molecule has 2 fully saturated rings. The summed E-state index contributed by atoms with van der Waals surface area (Å²) in [4.78, 5) is 0. The molecule has 0 aromatic rings. The van der Waals surface area contributed by atoms with Crippen LogP contribution in [0.2, 0.25) is 0 Å². The molecular weight excluding hydrogens is 194 g/mol. The Morgan fingerprint density at radius 3 is 2.21 bits per heavy atom. The maximum atomic E-state index is 5.96. The van der Waals surface area contributed by atoms with Crippen molar-refractivity contribution in [3.63, 3.8) is 0 Å². The Morgan fingerprint density at radius 2 is 1.64 bits per heavy atom. The maximum Gasteiger partial charge on any atom is 0.0342 e. The van der Waals surface area contributed by atoms with Gasteiger partial charge in [-0.05, 0) is 38.1 Å². The van der Waals surface area contributed by atoms with Crippen LogP contribution in [0.3, 0.4) is 0 Å². The lowest BCUT2D eigenvalue weighted by Crippen LogP contribution is -2.38. The van der Waals surface area contributed by atoms with Gasteiger partial charge in [-0.3, -0.25) is 0 Å². The molecule has 0 bridgehead atoms. The predicted octanol–water partition coefficient (Wildman–Crippen LogP) is 3.32. The molecule has 0 atom stereocenters. The van der Waals surface area contributed by atoms with Crippen LogP contribution in [0.15, 0.2) is 0 Å². The number of hydrogen-bond acceptors (Lipinski definition) is 1. The Hall–Kier alpha value is 0.250. The van der Waals surface area contributed by atoms with Crippen LogP contribution in [0.5, 0.6) is 0 Å². The molecule has 1 N–H and O–H groups in total. The molecule has 0 aromatic heterocycles. The van der Waals surface area contributed by atoms with Crippen LogP contribution in [0.25, 0.3) is 0 Å². The highest BCUT2D eigenvalue weighted by molar-refractivity contribution is 6.21. The van der Waals surface area contributed by atoms with E-state index in [0.717, 1.165) is 12.0 Å². The number of hydrogen-bond donors (Lipinski definition) is 1. The Morgan fingerprint density at radius 1 is 1.00 bits per heavy atom. The van der Waals surface area contributed by atoms with Gasteiger partial charge in [-0.15, -0.1) is 11.6 Å². The predicted molar refractivity (Wildman–Crippen MR) is 61.9 cm³/mol. The average molecular weight is 216 g/mol. The topological polar surface area (TPSA) is 12.0 Å². The lowest BCUT2D eigenvalue weighted by molar-refractivity contribution is 0.288. The van der Waals surface area contributed by atoms with Crippen LogP contribution in [0.4, 0.5) is 0 Å². The molecular formula is C12H22ClN. The van der Waals surface area contributed by atoms with E-state index in [-0.39, 0.29) is 0 Å². The summed E-state index contributed by atoms with van der Waals surface area (Å²) in [5.41, 5.74) is 0. The molecule has 0 spiro atoms. The summed E-state index contributed by atoms with van der Waals surface area (Å²) in [7, 11) is 0. The SMILES string of the molecule is ClC1CC(CNC2CCCCCC2)C1. The number of alkyl halides is 1. The molecule has 0 saturated heterocycles. The molecule has 0 aromatic carbocycles. The van der Waals surface area contributed by atoms with E-state index >= 15 is 0 Å². The van der Waals surface area contributed by atoms with Gasteiger partial charge in [-0.1, -0.05) is 25.7 Å². The van der Waals surface area contributed by atoms with Gasteiger partial charge in [0, 0.05) is 11.4 Å². The molecule has 2 aliphatic rings. The van der Waals surface area contributed by atoms with Gasteiger partial charge < -0.3 is 5.32 Å². The van der Waals surface area contributed by atoms with E-state index in [2.05, 4.69) is 5.32 Å². The van der Waals surface area contributed by atoms with E-state index in [0.29, 0.717) is 5.38 Å². The van der Waals surface area contributed by atoms with Gasteiger partial charge in [0.2, 0.25) is 0 Å². The van der Waals surface area contributed by atoms with Crippen LogP contribution < -0.4 is 5.32 Å². The van der Waals surface area contributed by atoms with Gasteiger partial charge in [0.25, 0.3) is 0 Å². The Balaban J connectivity index is 1.59. The minimum absolute atomic E-state index is 0.482. The first-order valence-corrected chi connectivity index (χ1v) is 6.65. The van der Waals surface area contributed by atoms with E-state index in [1.165, 1.54) is 57.9 Å². The summed E-state index contributed by atoms with van der Waals surface area (Å²) in [6, 6.07) is 0.812. The molecule has 0 amide bonds. The zero-order chi connectivity index (χ0) is 9.80. The first-order valence-electron chi connectivity index (χ1n) is 6.22. The van der Waals surface area contributed by atoms with Crippen LogP contribution in [-0.4, -0.2) is 18.0 Å². The smallest absolute Gasteiger partial charge is 0.0342 e. The van der Waals surface area contributed by atoms with E-state index in [4.69, 9.17) is 11.6 Å². The molecule has 0 heterocycles. The lowest BCUT2D eigenvalue weighted by Gasteiger charge is -2.32. The maximum absolute atomic E-state index is 5.96. The van der Waals surface area contributed by atoms with Crippen molar-refractivity contribution in [3.05, 3.63) is 0 Å². The van der Waals surface area contributed by atoms with Crippen molar-refractivity contribution >= 4 is 11.6 Å². The summed E-state index contributed by atoms with van der Waals surface area (Å²) in [5.74, 6) is 0.876. The number of halogens is 1. The highest BCUT2D eigenvalue weighted by atomic mass is 35.5. The third-order valence-electron chi connectivity index (χ3n) is 3.73. The monoisotopic (exact) mass is 215 g/mol. The molecule has 82 valence electrons. The Labute approximate surface area is 92.6 Å². The molecule has 2 heteroatoms. The Bertz CT molecular complexity index is 158. The van der Waals surface area contributed by atoms with Crippen molar-refractivity contribution in [3.8, 4) is 0 Å². The second-order valence-corrected chi connectivity index (χ2v) is 5.65. The summed E-state index contributed by atoms with van der Waals surface area (Å²) in [5, 5.41) is 4.21. The summed E-state index contributed by atoms with van der Waals surface area (Å²) < 4.78 is 0. The van der Waals surface area contributed by atoms with Gasteiger partial charge in [-0.25, -0.2) is 0 Å². The van der Waals surface area contributed by atoms with Crippen LogP contribution >= 0.6 is 11.6 Å². The van der Waals surface area contributed by atoms with Crippen molar-refractivity contribution in [1.29, 1.82) is 0 Å². The fraction of sp³-hybridized carbons (Fsp3) is 1.00. The highest BCUT2D eigenvalue weighted by Crippen LogP contribution is 2.31. The first-order chi connectivity index (χ1) is 6.84. The normalized spacial score (nSPS) is 34.9. The standard InChI is InChI=1S/C12H22ClN/c13-11-7-10(8-11)9-14-12-5-3-1-2-4-6-12/h10-12,14H,1-9H2. The fourth-order valence-electron chi connectivity index (χ4n) is 2.64. The van der Waals surface area contributed by atoms with E-state index < -0.39 is 0 Å². The molecule has 14 heavy (non-hydrogen) atoms. The van der Waals surface area contributed by atoms with Crippen LogP contribution in [0, 0.1) is 5.92 Å². The molecule has 1 nitrogen and oxygen atoms in total. The Kier molecular flexibility index (Phi) is 4.12. The zero-order valence-electron chi connectivity index (χ0n) is 8.97. The molecule has 0 radical (unpaired) electrons. The van der Waals surface area contributed by atoms with Crippen molar-refractivity contribution in [2.75, 3.05) is 6.54 Å². The van der Waals surface area contributed by atoms with Gasteiger partial charge >= 0.3 is 0 Å². The molecule has 2 rings (SSSR count). The molecule has 0 unspecified atom stereocenters. The quantitative estimate of drug-likeness (QED) is 0.563. The summed E-state index contributed by atoms with van der Waals surface area (Å²) >= 11 is 5.96. The second-order valence-electron chi connectivity index (χ2n) is 5.03. The van der Waals surface area contributed by atoms with E-state index in [9.17, 15) is 0 Å². The van der Waals surface area contributed by atoms with Crippen LogP contribution in [-0.2, 0) is 0 Å².